The summed E-state index contributed by atoms with van der Waals surface area (Å²) in [5, 5.41) is 15.0. The molecule has 184 valence electrons. The Hall–Kier alpha value is -3.91. The quantitative estimate of drug-likeness (QED) is 0.333. The first-order valence-electron chi connectivity index (χ1n) is 11.7. The number of carbonyl (C=O) groups excluding carboxylic acids is 2. The zero-order chi connectivity index (χ0) is 25.7. The van der Waals surface area contributed by atoms with Gasteiger partial charge in [-0.25, -0.2) is 0 Å². The molecule has 7 nitrogen and oxygen atoms in total. The Bertz CT molecular complexity index is 1400. The molecule has 1 aromatic heterocycles. The van der Waals surface area contributed by atoms with Crippen LogP contribution >= 0.6 is 11.8 Å². The van der Waals surface area contributed by atoms with Crippen molar-refractivity contribution < 1.29 is 9.59 Å². The van der Waals surface area contributed by atoms with Crippen molar-refractivity contribution >= 4 is 29.3 Å². The van der Waals surface area contributed by atoms with Gasteiger partial charge in [0.25, 0.3) is 0 Å². The number of nitrogens with zero attached hydrogens (tertiary/aromatic N) is 3. The molecule has 0 atom stereocenters. The van der Waals surface area contributed by atoms with Gasteiger partial charge in [-0.2, -0.15) is 0 Å². The summed E-state index contributed by atoms with van der Waals surface area (Å²) in [6.45, 7) is 7.97. The van der Waals surface area contributed by atoms with Crippen molar-refractivity contribution in [3.05, 3.63) is 89.0 Å². The van der Waals surface area contributed by atoms with E-state index in [2.05, 4.69) is 46.8 Å². The monoisotopic (exact) mass is 499 g/mol. The molecule has 1 heterocycles. The first kappa shape index (κ1) is 25.2. The highest BCUT2D eigenvalue weighted by molar-refractivity contribution is 7.99. The van der Waals surface area contributed by atoms with Gasteiger partial charge < -0.3 is 10.6 Å². The minimum absolute atomic E-state index is 0.105. The van der Waals surface area contributed by atoms with Crippen LogP contribution in [0.2, 0.25) is 0 Å². The first-order valence-corrected chi connectivity index (χ1v) is 12.7. The van der Waals surface area contributed by atoms with Crippen molar-refractivity contribution in [2.24, 2.45) is 0 Å². The first-order chi connectivity index (χ1) is 17.3. The summed E-state index contributed by atoms with van der Waals surface area (Å²) in [6.07, 6.45) is 0. The number of hydrogen-bond acceptors (Lipinski definition) is 5. The molecule has 0 radical (unpaired) electrons. The molecule has 2 N–H and O–H groups in total. The van der Waals surface area contributed by atoms with Gasteiger partial charge in [-0.3, -0.25) is 14.2 Å². The number of hydrogen-bond donors (Lipinski definition) is 2. The number of thioether (sulfide) groups is 1. The van der Waals surface area contributed by atoms with Crippen LogP contribution in [0, 0.1) is 27.7 Å². The Balaban J connectivity index is 1.45. The molecule has 0 unspecified atom stereocenters. The maximum atomic E-state index is 12.5. The zero-order valence-corrected chi connectivity index (χ0v) is 21.6. The molecule has 4 aromatic rings. The van der Waals surface area contributed by atoms with Crippen molar-refractivity contribution in [1.82, 2.24) is 20.1 Å². The van der Waals surface area contributed by atoms with E-state index < -0.39 is 0 Å². The molecule has 0 saturated heterocycles. The number of rotatable bonds is 8. The smallest absolute Gasteiger partial charge is 0.243 e. The molecular formula is C28H29N5O2S. The van der Waals surface area contributed by atoms with E-state index in [0.29, 0.717) is 11.0 Å². The summed E-state index contributed by atoms with van der Waals surface area (Å²) < 4.78 is 1.97. The third kappa shape index (κ3) is 5.83. The van der Waals surface area contributed by atoms with Crippen molar-refractivity contribution in [1.29, 1.82) is 0 Å². The predicted octanol–water partition coefficient (Wildman–Crippen LogP) is 5.01. The van der Waals surface area contributed by atoms with Crippen molar-refractivity contribution in [3.63, 3.8) is 0 Å². The topological polar surface area (TPSA) is 88.9 Å². The number of benzene rings is 3. The van der Waals surface area contributed by atoms with Crippen LogP contribution in [0.5, 0.6) is 0 Å². The largest absolute Gasteiger partial charge is 0.346 e. The zero-order valence-electron chi connectivity index (χ0n) is 20.8. The molecule has 0 spiro atoms. The Labute approximate surface area is 215 Å². The van der Waals surface area contributed by atoms with Gasteiger partial charge in [0.15, 0.2) is 11.0 Å². The van der Waals surface area contributed by atoms with E-state index in [1.165, 1.54) is 17.3 Å². The van der Waals surface area contributed by atoms with Crippen LogP contribution in [0.1, 0.15) is 22.3 Å². The highest BCUT2D eigenvalue weighted by atomic mass is 32.2. The summed E-state index contributed by atoms with van der Waals surface area (Å²) in [6, 6.07) is 21.7. The normalized spacial score (nSPS) is 10.8. The summed E-state index contributed by atoms with van der Waals surface area (Å²) in [5.74, 6) is 0.280. The van der Waals surface area contributed by atoms with Gasteiger partial charge in [0.2, 0.25) is 11.8 Å². The number of aromatic nitrogens is 3. The molecule has 8 heteroatoms. The van der Waals surface area contributed by atoms with Crippen molar-refractivity contribution in [2.75, 3.05) is 17.6 Å². The van der Waals surface area contributed by atoms with E-state index in [1.54, 1.807) is 0 Å². The van der Waals surface area contributed by atoms with Crippen LogP contribution in [-0.4, -0.2) is 38.9 Å². The molecule has 3 aromatic carbocycles. The Morgan fingerprint density at radius 3 is 2.36 bits per heavy atom. The van der Waals surface area contributed by atoms with E-state index in [4.69, 9.17) is 0 Å². The van der Waals surface area contributed by atoms with Gasteiger partial charge in [0, 0.05) is 11.3 Å². The molecule has 0 aliphatic rings. The molecule has 0 saturated carbocycles. The maximum absolute atomic E-state index is 12.5. The van der Waals surface area contributed by atoms with Crippen LogP contribution in [0.15, 0.2) is 71.9 Å². The van der Waals surface area contributed by atoms with Crippen molar-refractivity contribution in [2.45, 2.75) is 32.9 Å². The lowest BCUT2D eigenvalue weighted by atomic mass is 10.1. The van der Waals surface area contributed by atoms with E-state index >= 15 is 0 Å². The number of nitrogens with one attached hydrogen (secondary N) is 2. The van der Waals surface area contributed by atoms with Crippen LogP contribution in [0.25, 0.3) is 17.1 Å². The average molecular weight is 500 g/mol. The maximum Gasteiger partial charge on any atom is 0.243 e. The van der Waals surface area contributed by atoms with Gasteiger partial charge in [-0.15, -0.1) is 10.2 Å². The van der Waals surface area contributed by atoms with Gasteiger partial charge in [0.05, 0.1) is 18.0 Å². The van der Waals surface area contributed by atoms with Crippen LogP contribution in [0.4, 0.5) is 5.69 Å². The minimum Gasteiger partial charge on any atom is -0.346 e. The highest BCUT2D eigenvalue weighted by Gasteiger charge is 2.18. The second-order valence-corrected chi connectivity index (χ2v) is 9.58. The molecule has 0 aliphatic heterocycles. The molecule has 36 heavy (non-hydrogen) atoms. The van der Waals surface area contributed by atoms with Crippen LogP contribution in [-0.2, 0) is 9.59 Å². The molecule has 4 rings (SSSR count). The molecule has 2 amide bonds. The second-order valence-electron chi connectivity index (χ2n) is 8.64. The number of aryl methyl sites for hydroxylation is 3. The molecule has 0 aliphatic carbocycles. The predicted molar refractivity (Wildman–Crippen MR) is 145 cm³/mol. The summed E-state index contributed by atoms with van der Waals surface area (Å²) >= 11 is 1.28. The fourth-order valence-electron chi connectivity index (χ4n) is 3.68. The SMILES string of the molecule is Cc1ccc(-n2c(SCC(=O)NCC(=O)Nc3cccc(C)c3C)nnc2-c2ccccc2)cc1C. The number of carbonyl (C=O) groups is 2. The van der Waals surface area contributed by atoms with Gasteiger partial charge in [-0.05, 0) is 68.1 Å². The van der Waals surface area contributed by atoms with E-state index in [-0.39, 0.29) is 24.1 Å². The van der Waals surface area contributed by atoms with Gasteiger partial charge >= 0.3 is 0 Å². The summed E-state index contributed by atoms with van der Waals surface area (Å²) in [4.78, 5) is 24.9. The Kier molecular flexibility index (Phi) is 7.85. The number of amides is 2. The van der Waals surface area contributed by atoms with Crippen LogP contribution < -0.4 is 10.6 Å². The average Bonchev–Trinajstić information content (AvgIpc) is 3.30. The lowest BCUT2D eigenvalue weighted by Crippen LogP contribution is -2.34. The standard InChI is InChI=1S/C28H29N5O2S/c1-18-13-14-23(15-20(18)3)33-27(22-10-6-5-7-11-22)31-32-28(33)36-17-26(35)29-16-25(34)30-24-12-8-9-19(2)21(24)4/h5-15H,16-17H2,1-4H3,(H,29,35)(H,30,34). The number of anilines is 1. The molecule has 0 bridgehead atoms. The Morgan fingerprint density at radius 2 is 1.61 bits per heavy atom. The highest BCUT2D eigenvalue weighted by Crippen LogP contribution is 2.28. The van der Waals surface area contributed by atoms with Gasteiger partial charge in [0.1, 0.15) is 0 Å². The molecular weight excluding hydrogens is 470 g/mol. The third-order valence-corrected chi connectivity index (χ3v) is 7.00. The van der Waals surface area contributed by atoms with E-state index in [1.807, 2.05) is 73.0 Å². The fraction of sp³-hybridized carbons (Fsp3) is 0.214. The van der Waals surface area contributed by atoms with Gasteiger partial charge in [-0.1, -0.05) is 60.3 Å². The lowest BCUT2D eigenvalue weighted by Gasteiger charge is -2.12. The van der Waals surface area contributed by atoms with E-state index in [9.17, 15) is 9.59 Å². The second kappa shape index (κ2) is 11.2. The fourth-order valence-corrected chi connectivity index (χ4v) is 4.46. The molecule has 0 fully saturated rings. The minimum atomic E-state index is -0.272. The third-order valence-electron chi connectivity index (χ3n) is 6.07. The van der Waals surface area contributed by atoms with Crippen molar-refractivity contribution in [3.8, 4) is 17.1 Å². The summed E-state index contributed by atoms with van der Waals surface area (Å²) in [5.41, 5.74) is 7.06. The van der Waals surface area contributed by atoms with E-state index in [0.717, 1.165) is 33.6 Å². The Morgan fingerprint density at radius 1 is 0.833 bits per heavy atom. The summed E-state index contributed by atoms with van der Waals surface area (Å²) in [7, 11) is 0. The van der Waals surface area contributed by atoms with Crippen LogP contribution in [0.3, 0.4) is 0 Å². The lowest BCUT2D eigenvalue weighted by molar-refractivity contribution is -0.122.